The van der Waals surface area contributed by atoms with E-state index in [1.165, 1.54) is 4.68 Å². The first-order valence-electron chi connectivity index (χ1n) is 9.46. The molecule has 0 aliphatic carbocycles. The van der Waals surface area contributed by atoms with Gasteiger partial charge < -0.3 is 15.2 Å². The number of hydrogen-bond acceptors (Lipinski definition) is 10. The lowest BCUT2D eigenvalue weighted by molar-refractivity contribution is 0.0950. The highest BCUT2D eigenvalue weighted by atomic mass is 16.7. The lowest BCUT2D eigenvalue weighted by Gasteiger charge is -2.06. The van der Waals surface area contributed by atoms with Crippen LogP contribution in [0.1, 0.15) is 23.0 Å². The van der Waals surface area contributed by atoms with Crippen molar-refractivity contribution in [3.63, 3.8) is 0 Å². The highest BCUT2D eigenvalue weighted by Crippen LogP contribution is 2.32. The van der Waals surface area contributed by atoms with Gasteiger partial charge in [-0.2, -0.15) is 9.78 Å². The molecule has 0 radical (unpaired) electrons. The van der Waals surface area contributed by atoms with E-state index in [0.29, 0.717) is 28.5 Å². The van der Waals surface area contributed by atoms with Crippen LogP contribution in [0, 0.1) is 0 Å². The van der Waals surface area contributed by atoms with Crippen LogP contribution < -0.4 is 20.6 Å². The van der Waals surface area contributed by atoms with Crippen LogP contribution >= 0.6 is 0 Å². The van der Waals surface area contributed by atoms with Gasteiger partial charge in [-0.25, -0.2) is 10.1 Å². The molecule has 1 aliphatic rings. The molecule has 1 amide bonds. The molecule has 32 heavy (non-hydrogen) atoms. The SMILES string of the molecule is C/C(=N/NC(=O)c1nnn(-c2nonc2N)c1-c1ccccc1)c1ccc2c(c1)OCO2. The van der Waals surface area contributed by atoms with Crippen LogP contribution in [-0.4, -0.2) is 43.7 Å². The lowest BCUT2D eigenvalue weighted by Crippen LogP contribution is -2.21. The van der Waals surface area contributed by atoms with Gasteiger partial charge in [-0.1, -0.05) is 35.5 Å². The van der Waals surface area contributed by atoms with E-state index < -0.39 is 5.91 Å². The third kappa shape index (κ3) is 3.39. The third-order valence-electron chi connectivity index (χ3n) is 4.74. The van der Waals surface area contributed by atoms with Crippen molar-refractivity contribution in [1.82, 2.24) is 30.7 Å². The van der Waals surface area contributed by atoms with Crippen molar-refractivity contribution < 1.29 is 18.9 Å². The van der Waals surface area contributed by atoms with E-state index in [2.05, 4.69) is 35.8 Å². The maximum Gasteiger partial charge on any atom is 0.294 e. The van der Waals surface area contributed by atoms with E-state index >= 15 is 0 Å². The summed E-state index contributed by atoms with van der Waals surface area (Å²) in [6.45, 7) is 1.93. The Kier molecular flexibility index (Phi) is 4.71. The molecule has 0 unspecified atom stereocenters. The van der Waals surface area contributed by atoms with E-state index in [1.807, 2.05) is 24.3 Å². The molecular weight excluding hydrogens is 416 g/mol. The number of nitrogens with zero attached hydrogens (tertiary/aromatic N) is 6. The van der Waals surface area contributed by atoms with Crippen LogP contribution in [0.2, 0.25) is 0 Å². The molecule has 0 bridgehead atoms. The Bertz CT molecular complexity index is 1330. The van der Waals surface area contributed by atoms with Crippen LogP contribution in [0.5, 0.6) is 11.5 Å². The summed E-state index contributed by atoms with van der Waals surface area (Å²) in [6, 6.07) is 14.5. The van der Waals surface area contributed by atoms with Gasteiger partial charge in [0.1, 0.15) is 5.69 Å². The van der Waals surface area contributed by atoms with Gasteiger partial charge in [-0.05, 0) is 35.4 Å². The van der Waals surface area contributed by atoms with Gasteiger partial charge in [0, 0.05) is 11.1 Å². The number of fused-ring (bicyclic) bond motifs is 1. The van der Waals surface area contributed by atoms with Crippen molar-refractivity contribution in [2.24, 2.45) is 5.10 Å². The first-order chi connectivity index (χ1) is 15.6. The van der Waals surface area contributed by atoms with Crippen LogP contribution in [0.3, 0.4) is 0 Å². The second-order valence-electron chi connectivity index (χ2n) is 6.74. The number of nitrogens with one attached hydrogen (secondary N) is 1. The Morgan fingerprint density at radius 2 is 1.94 bits per heavy atom. The van der Waals surface area contributed by atoms with Crippen molar-refractivity contribution in [3.05, 3.63) is 59.8 Å². The molecule has 0 atom stereocenters. The molecular formula is C20H16N8O4. The number of rotatable bonds is 5. The fraction of sp³-hybridized carbons (Fsp3) is 0.100. The van der Waals surface area contributed by atoms with Crippen LogP contribution in [0.25, 0.3) is 17.1 Å². The van der Waals surface area contributed by atoms with E-state index in [4.69, 9.17) is 15.2 Å². The zero-order chi connectivity index (χ0) is 22.1. The number of nitrogens with two attached hydrogens (primary N) is 1. The van der Waals surface area contributed by atoms with Gasteiger partial charge in [-0.3, -0.25) is 4.79 Å². The minimum atomic E-state index is -0.565. The topological polar surface area (TPSA) is 156 Å². The van der Waals surface area contributed by atoms with Gasteiger partial charge in [-0.15, -0.1) is 5.10 Å². The summed E-state index contributed by atoms with van der Waals surface area (Å²) in [5.74, 6) is 0.851. The number of aromatic nitrogens is 5. The Morgan fingerprint density at radius 1 is 1.12 bits per heavy atom. The summed E-state index contributed by atoms with van der Waals surface area (Å²) in [7, 11) is 0. The standard InChI is InChI=1S/C20H16N8O4/c1-11(13-7-8-14-15(9-13)31-10-30-14)22-24-20(29)16-17(12-5-3-2-4-6-12)28(27-23-16)19-18(21)25-32-26-19/h2-9H,10H2,1H3,(H2,21,25)(H,24,29)/b22-11-. The average molecular weight is 432 g/mol. The fourth-order valence-corrected chi connectivity index (χ4v) is 3.15. The van der Waals surface area contributed by atoms with Gasteiger partial charge in [0.25, 0.3) is 5.91 Å². The predicted molar refractivity (Wildman–Crippen MR) is 111 cm³/mol. The van der Waals surface area contributed by atoms with Crippen LogP contribution in [0.4, 0.5) is 5.82 Å². The van der Waals surface area contributed by atoms with Crippen molar-refractivity contribution in [1.29, 1.82) is 0 Å². The number of carbonyl (C=O) groups is 1. The Hall–Kier alpha value is -4.74. The monoisotopic (exact) mass is 432 g/mol. The molecule has 12 heteroatoms. The fourth-order valence-electron chi connectivity index (χ4n) is 3.15. The first kappa shape index (κ1) is 19.2. The Morgan fingerprint density at radius 3 is 2.72 bits per heavy atom. The summed E-state index contributed by atoms with van der Waals surface area (Å²) < 4.78 is 16.7. The molecule has 3 heterocycles. The maximum absolute atomic E-state index is 13.0. The quantitative estimate of drug-likeness (QED) is 0.354. The summed E-state index contributed by atoms with van der Waals surface area (Å²) in [6.07, 6.45) is 0. The molecule has 1 aliphatic heterocycles. The molecule has 0 fully saturated rings. The number of anilines is 1. The molecule has 0 saturated carbocycles. The minimum absolute atomic E-state index is 0.00992. The normalized spacial score (nSPS) is 12.7. The molecule has 3 N–H and O–H groups in total. The zero-order valence-electron chi connectivity index (χ0n) is 16.7. The largest absolute Gasteiger partial charge is 0.454 e. The second kappa shape index (κ2) is 7.83. The number of benzene rings is 2. The molecule has 0 saturated heterocycles. The molecule has 12 nitrogen and oxygen atoms in total. The van der Waals surface area contributed by atoms with Crippen molar-refractivity contribution in [3.8, 4) is 28.6 Å². The first-order valence-corrected chi connectivity index (χ1v) is 9.46. The Labute approximate surface area is 180 Å². The van der Waals surface area contributed by atoms with E-state index in [9.17, 15) is 4.79 Å². The van der Waals surface area contributed by atoms with Crippen molar-refractivity contribution in [2.45, 2.75) is 6.92 Å². The van der Waals surface area contributed by atoms with Crippen molar-refractivity contribution in [2.75, 3.05) is 12.5 Å². The Balaban J connectivity index is 1.47. The van der Waals surface area contributed by atoms with Crippen LogP contribution in [-0.2, 0) is 0 Å². The number of carbonyl (C=O) groups excluding carboxylic acids is 1. The van der Waals surface area contributed by atoms with E-state index in [-0.39, 0.29) is 24.1 Å². The van der Waals surface area contributed by atoms with E-state index in [1.54, 1.807) is 31.2 Å². The van der Waals surface area contributed by atoms with Gasteiger partial charge >= 0.3 is 0 Å². The highest BCUT2D eigenvalue weighted by molar-refractivity contribution is 6.02. The predicted octanol–water partition coefficient (Wildman–Crippen LogP) is 1.78. The number of nitrogen functional groups attached to an aromatic ring is 1. The minimum Gasteiger partial charge on any atom is -0.454 e. The molecule has 160 valence electrons. The second-order valence-corrected chi connectivity index (χ2v) is 6.74. The van der Waals surface area contributed by atoms with Gasteiger partial charge in [0.15, 0.2) is 17.2 Å². The maximum atomic E-state index is 13.0. The number of hydrogen-bond donors (Lipinski definition) is 2. The van der Waals surface area contributed by atoms with Crippen LogP contribution in [0.15, 0.2) is 58.3 Å². The lowest BCUT2D eigenvalue weighted by atomic mass is 10.1. The zero-order valence-corrected chi connectivity index (χ0v) is 16.7. The summed E-state index contributed by atoms with van der Waals surface area (Å²) >= 11 is 0. The molecule has 0 spiro atoms. The number of hydrazone groups is 1. The number of amides is 1. The summed E-state index contributed by atoms with van der Waals surface area (Å²) in [4.78, 5) is 13.0. The number of ether oxygens (including phenoxy) is 2. The molecule has 5 rings (SSSR count). The highest BCUT2D eigenvalue weighted by Gasteiger charge is 2.25. The van der Waals surface area contributed by atoms with Crippen molar-refractivity contribution >= 4 is 17.4 Å². The third-order valence-corrected chi connectivity index (χ3v) is 4.74. The average Bonchev–Trinajstić information content (AvgIpc) is 3.56. The summed E-state index contributed by atoms with van der Waals surface area (Å²) in [5, 5.41) is 19.6. The molecule has 4 aromatic rings. The molecule has 2 aromatic heterocycles. The van der Waals surface area contributed by atoms with Gasteiger partial charge in [0.2, 0.25) is 18.4 Å². The smallest absolute Gasteiger partial charge is 0.294 e. The van der Waals surface area contributed by atoms with Gasteiger partial charge in [0.05, 0.1) is 5.71 Å². The van der Waals surface area contributed by atoms with E-state index in [0.717, 1.165) is 5.56 Å². The molecule has 2 aromatic carbocycles. The summed E-state index contributed by atoms with van der Waals surface area (Å²) in [5.41, 5.74) is 10.7.